The maximum Gasteiger partial charge on any atom is 0.236 e. The number of hydrogen-bond donors (Lipinski definition) is 2. The highest BCUT2D eigenvalue weighted by atomic mass is 32.1. The lowest BCUT2D eigenvalue weighted by atomic mass is 9.79. The van der Waals surface area contributed by atoms with Crippen LogP contribution in [-0.2, 0) is 10.2 Å². The van der Waals surface area contributed by atoms with Gasteiger partial charge in [0.25, 0.3) is 0 Å². The highest BCUT2D eigenvalue weighted by Gasteiger charge is 2.53. The maximum atomic E-state index is 12.9. The Kier molecular flexibility index (Phi) is 3.07. The van der Waals surface area contributed by atoms with Gasteiger partial charge in [-0.05, 0) is 30.2 Å². The molecule has 1 aromatic heterocycles. The van der Waals surface area contributed by atoms with Gasteiger partial charge in [-0.15, -0.1) is 11.3 Å². The minimum atomic E-state index is -0.659. The molecule has 0 saturated carbocycles. The molecule has 3 aromatic rings. The van der Waals surface area contributed by atoms with E-state index in [0.717, 1.165) is 21.5 Å². The Hall–Kier alpha value is -2.57. The second kappa shape index (κ2) is 5.21. The van der Waals surface area contributed by atoms with Crippen molar-refractivity contribution in [2.75, 3.05) is 11.9 Å². The lowest BCUT2D eigenvalue weighted by molar-refractivity contribution is -0.120. The van der Waals surface area contributed by atoms with Crippen molar-refractivity contribution in [1.29, 1.82) is 0 Å². The van der Waals surface area contributed by atoms with Crippen LogP contribution in [0.1, 0.15) is 21.8 Å². The summed E-state index contributed by atoms with van der Waals surface area (Å²) in [5.74, 6) is -0.0592. The molecule has 0 aliphatic carbocycles. The zero-order chi connectivity index (χ0) is 17.0. The number of anilines is 1. The van der Waals surface area contributed by atoms with Crippen molar-refractivity contribution in [2.45, 2.75) is 17.9 Å². The number of carbonyl (C=O) groups is 2. The number of aromatic nitrogens is 1. The monoisotopic (exact) mass is 349 g/mol. The molecule has 3 heterocycles. The summed E-state index contributed by atoms with van der Waals surface area (Å²) in [6, 6.07) is 15.1. The number of para-hydroxylation sites is 2. The van der Waals surface area contributed by atoms with Crippen LogP contribution in [0.4, 0.5) is 5.69 Å². The van der Waals surface area contributed by atoms with Gasteiger partial charge >= 0.3 is 0 Å². The lowest BCUT2D eigenvalue weighted by Gasteiger charge is -2.19. The van der Waals surface area contributed by atoms with Crippen LogP contribution in [0, 0.1) is 0 Å². The van der Waals surface area contributed by atoms with E-state index < -0.39 is 11.5 Å². The van der Waals surface area contributed by atoms with Gasteiger partial charge in [-0.3, -0.25) is 9.59 Å². The van der Waals surface area contributed by atoms with Gasteiger partial charge in [-0.2, -0.15) is 0 Å². The average Bonchev–Trinajstić information content (AvgIpc) is 3.32. The van der Waals surface area contributed by atoms with Crippen LogP contribution in [0.3, 0.4) is 0 Å². The number of nitrogens with one attached hydrogen (secondary N) is 2. The largest absolute Gasteiger partial charge is 0.325 e. The fourth-order valence-corrected chi connectivity index (χ4v) is 4.81. The molecule has 6 heteroatoms. The minimum Gasteiger partial charge on any atom is -0.325 e. The number of nitrogens with zero attached hydrogens (tertiary/aromatic N) is 1. The van der Waals surface area contributed by atoms with Gasteiger partial charge in [-0.1, -0.05) is 30.3 Å². The van der Waals surface area contributed by atoms with Crippen LogP contribution in [0.5, 0.6) is 0 Å². The third kappa shape index (κ3) is 2.08. The van der Waals surface area contributed by atoms with E-state index in [1.165, 1.54) is 11.3 Å². The minimum absolute atomic E-state index is 0.0270. The molecule has 1 amide bonds. The van der Waals surface area contributed by atoms with Crippen molar-refractivity contribution in [1.82, 2.24) is 10.3 Å². The number of rotatable bonds is 2. The summed E-state index contributed by atoms with van der Waals surface area (Å²) in [4.78, 5) is 30.0. The molecule has 5 rings (SSSR count). The number of carbonyl (C=O) groups excluding carboxylic acids is 2. The lowest BCUT2D eigenvalue weighted by Crippen LogP contribution is -2.36. The number of benzene rings is 2. The fraction of sp³-hybridized carbons (Fsp3) is 0.211. The Morgan fingerprint density at radius 2 is 1.96 bits per heavy atom. The van der Waals surface area contributed by atoms with E-state index in [2.05, 4.69) is 15.6 Å². The van der Waals surface area contributed by atoms with Gasteiger partial charge in [0.2, 0.25) is 11.7 Å². The number of ketones is 1. The molecule has 0 radical (unpaired) electrons. The Balaban J connectivity index is 1.47. The second-order valence-electron chi connectivity index (χ2n) is 6.57. The first-order valence-corrected chi connectivity index (χ1v) is 9.03. The van der Waals surface area contributed by atoms with Gasteiger partial charge in [0.05, 0.1) is 21.7 Å². The van der Waals surface area contributed by atoms with E-state index in [-0.39, 0.29) is 11.7 Å². The molecular formula is C19H15N3O2S. The van der Waals surface area contributed by atoms with Crippen LogP contribution in [0.2, 0.25) is 0 Å². The van der Waals surface area contributed by atoms with E-state index in [1.54, 1.807) is 0 Å². The van der Waals surface area contributed by atoms with E-state index in [9.17, 15) is 9.59 Å². The predicted molar refractivity (Wildman–Crippen MR) is 97.1 cm³/mol. The van der Waals surface area contributed by atoms with Crippen molar-refractivity contribution in [2.24, 2.45) is 0 Å². The summed E-state index contributed by atoms with van der Waals surface area (Å²) in [7, 11) is 0. The molecule has 1 unspecified atom stereocenters. The highest BCUT2D eigenvalue weighted by Crippen LogP contribution is 2.43. The van der Waals surface area contributed by atoms with Crippen LogP contribution in [0.15, 0.2) is 48.5 Å². The first-order valence-electron chi connectivity index (χ1n) is 8.21. The van der Waals surface area contributed by atoms with Gasteiger partial charge in [0.15, 0.2) is 5.01 Å². The summed E-state index contributed by atoms with van der Waals surface area (Å²) in [5.41, 5.74) is 2.01. The van der Waals surface area contributed by atoms with Crippen LogP contribution in [0.25, 0.3) is 10.2 Å². The molecule has 1 saturated heterocycles. The molecule has 2 atom stereocenters. The van der Waals surface area contributed by atoms with Crippen LogP contribution in [-0.4, -0.2) is 29.3 Å². The van der Waals surface area contributed by atoms with Gasteiger partial charge in [0, 0.05) is 12.2 Å². The number of fused-ring (bicyclic) bond motifs is 3. The molecule has 1 fully saturated rings. The standard InChI is InChI=1S/C19H15N3O2S/c23-16(17-21-13-7-3-4-8-15(13)25-17)14-9-19(10-20-14)11-5-1-2-6-12(11)22-18(19)24/h1-8,14,20H,9-10H2,(H,22,24)/t14?,19-/m0/s1. The topological polar surface area (TPSA) is 71.1 Å². The highest BCUT2D eigenvalue weighted by molar-refractivity contribution is 7.20. The van der Waals surface area contributed by atoms with Gasteiger partial charge in [-0.25, -0.2) is 4.98 Å². The SMILES string of the molecule is O=C(c1nc2ccccc2s1)C1C[C@@]2(CN1)C(=O)Nc1ccccc12. The number of hydrogen-bond acceptors (Lipinski definition) is 5. The molecule has 25 heavy (non-hydrogen) atoms. The predicted octanol–water partition coefficient (Wildman–Crippen LogP) is 2.73. The van der Waals surface area contributed by atoms with Crippen molar-refractivity contribution in [3.05, 3.63) is 59.1 Å². The molecule has 1 spiro atoms. The van der Waals surface area contributed by atoms with Crippen molar-refractivity contribution in [3.8, 4) is 0 Å². The Morgan fingerprint density at radius 1 is 1.16 bits per heavy atom. The molecule has 5 nitrogen and oxygen atoms in total. The molecule has 2 N–H and O–H groups in total. The first kappa shape index (κ1) is 14.7. The number of amides is 1. The van der Waals surface area contributed by atoms with Crippen LogP contribution >= 0.6 is 11.3 Å². The third-order valence-corrected chi connectivity index (χ3v) is 6.20. The molecule has 2 aliphatic heterocycles. The zero-order valence-electron chi connectivity index (χ0n) is 13.3. The Morgan fingerprint density at radius 3 is 2.84 bits per heavy atom. The summed E-state index contributed by atoms with van der Waals surface area (Å²) in [6.07, 6.45) is 0.463. The summed E-state index contributed by atoms with van der Waals surface area (Å²) < 4.78 is 1.00. The third-order valence-electron chi connectivity index (χ3n) is 5.15. The van der Waals surface area contributed by atoms with Gasteiger partial charge in [0.1, 0.15) is 0 Å². The Labute approximate surface area is 148 Å². The Bertz CT molecular complexity index is 995. The average molecular weight is 349 g/mol. The van der Waals surface area contributed by atoms with E-state index in [0.29, 0.717) is 18.0 Å². The fourth-order valence-electron chi connectivity index (χ4n) is 3.85. The molecule has 0 bridgehead atoms. The smallest absolute Gasteiger partial charge is 0.236 e. The van der Waals surface area contributed by atoms with E-state index >= 15 is 0 Å². The van der Waals surface area contributed by atoms with Crippen LogP contribution < -0.4 is 10.6 Å². The second-order valence-corrected chi connectivity index (χ2v) is 7.60. The summed E-state index contributed by atoms with van der Waals surface area (Å²) >= 11 is 1.41. The molecule has 124 valence electrons. The van der Waals surface area contributed by atoms with Crippen molar-refractivity contribution < 1.29 is 9.59 Å². The number of thiazole rings is 1. The van der Waals surface area contributed by atoms with E-state index in [4.69, 9.17) is 0 Å². The summed E-state index contributed by atoms with van der Waals surface area (Å²) in [6.45, 7) is 0.469. The first-order chi connectivity index (χ1) is 12.2. The van der Waals surface area contributed by atoms with E-state index in [1.807, 2.05) is 48.5 Å². The summed E-state index contributed by atoms with van der Waals surface area (Å²) in [5, 5.41) is 6.71. The normalized spacial score (nSPS) is 24.6. The molecular weight excluding hydrogens is 334 g/mol. The van der Waals surface area contributed by atoms with Crippen molar-refractivity contribution >= 4 is 38.9 Å². The van der Waals surface area contributed by atoms with Gasteiger partial charge < -0.3 is 10.6 Å². The van der Waals surface area contributed by atoms with Crippen molar-refractivity contribution in [3.63, 3.8) is 0 Å². The molecule has 2 aromatic carbocycles. The number of Topliss-reactive ketones (excluding diaryl/α,β-unsaturated/α-hetero) is 1. The zero-order valence-corrected chi connectivity index (χ0v) is 14.1. The molecule has 2 aliphatic rings. The quantitative estimate of drug-likeness (QED) is 0.698. The maximum absolute atomic E-state index is 12.9.